The van der Waals surface area contributed by atoms with Crippen molar-refractivity contribution in [2.45, 2.75) is 25.9 Å². The van der Waals surface area contributed by atoms with Crippen LogP contribution in [0.5, 0.6) is 0 Å². The second-order valence-electron chi connectivity index (χ2n) is 5.63. The fourth-order valence-electron chi connectivity index (χ4n) is 2.83. The van der Waals surface area contributed by atoms with Gasteiger partial charge in [-0.3, -0.25) is 14.6 Å². The minimum atomic E-state index is -1.85. The number of hydrogen-bond acceptors (Lipinski definition) is 4. The highest BCUT2D eigenvalue weighted by atomic mass is 16.3. The van der Waals surface area contributed by atoms with E-state index in [9.17, 15) is 14.7 Å². The average Bonchev–Trinajstić information content (AvgIpc) is 2.73. The van der Waals surface area contributed by atoms with Crippen molar-refractivity contribution in [2.75, 3.05) is 5.32 Å². The van der Waals surface area contributed by atoms with Crippen molar-refractivity contribution in [3.8, 4) is 0 Å². The smallest absolute Gasteiger partial charge is 0.261 e. The Kier molecular flexibility index (Phi) is 3.30. The van der Waals surface area contributed by atoms with Gasteiger partial charge in [-0.05, 0) is 31.5 Å². The number of aromatic nitrogens is 1. The molecule has 0 fully saturated rings. The van der Waals surface area contributed by atoms with Crippen molar-refractivity contribution in [3.05, 3.63) is 58.9 Å². The number of nitrogens with zero attached hydrogens (tertiary/aromatic N) is 1. The van der Waals surface area contributed by atoms with Crippen LogP contribution in [-0.2, 0) is 10.4 Å². The Morgan fingerprint density at radius 1 is 1.32 bits per heavy atom. The molecule has 2 N–H and O–H groups in total. The molecule has 1 amide bonds. The maximum atomic E-state index is 12.3. The van der Waals surface area contributed by atoms with E-state index >= 15 is 0 Å². The number of benzene rings is 1. The minimum Gasteiger partial charge on any atom is -0.375 e. The molecule has 0 aliphatic carbocycles. The van der Waals surface area contributed by atoms with E-state index in [-0.39, 0.29) is 17.9 Å². The molecule has 2 heterocycles. The molecule has 1 aliphatic rings. The largest absolute Gasteiger partial charge is 0.375 e. The third-order valence-electron chi connectivity index (χ3n) is 3.91. The molecular weight excluding hydrogens is 280 g/mol. The molecule has 1 aromatic heterocycles. The van der Waals surface area contributed by atoms with Crippen molar-refractivity contribution < 1.29 is 14.7 Å². The molecule has 1 aliphatic heterocycles. The van der Waals surface area contributed by atoms with Crippen LogP contribution in [0.4, 0.5) is 5.69 Å². The summed E-state index contributed by atoms with van der Waals surface area (Å²) in [5, 5.41) is 13.5. The van der Waals surface area contributed by atoms with Gasteiger partial charge in [0.15, 0.2) is 11.4 Å². The Balaban J connectivity index is 2.01. The minimum absolute atomic E-state index is 0.238. The molecule has 0 bridgehead atoms. The van der Waals surface area contributed by atoms with Gasteiger partial charge in [-0.2, -0.15) is 0 Å². The van der Waals surface area contributed by atoms with Crippen LogP contribution in [0, 0.1) is 13.8 Å². The number of carbonyl (C=O) groups excluding carboxylic acids is 2. The molecule has 3 rings (SSSR count). The monoisotopic (exact) mass is 296 g/mol. The zero-order chi connectivity index (χ0) is 15.9. The van der Waals surface area contributed by atoms with Crippen LogP contribution in [0.3, 0.4) is 0 Å². The molecule has 1 atom stereocenters. The van der Waals surface area contributed by atoms with E-state index in [4.69, 9.17) is 0 Å². The Morgan fingerprint density at radius 2 is 2.09 bits per heavy atom. The lowest BCUT2D eigenvalue weighted by molar-refractivity contribution is -0.133. The van der Waals surface area contributed by atoms with Gasteiger partial charge in [-0.15, -0.1) is 0 Å². The Labute approximate surface area is 128 Å². The lowest BCUT2D eigenvalue weighted by Crippen LogP contribution is -2.36. The number of aliphatic hydroxyl groups is 1. The molecule has 0 spiro atoms. The lowest BCUT2D eigenvalue weighted by atomic mass is 9.87. The zero-order valence-corrected chi connectivity index (χ0v) is 12.4. The second kappa shape index (κ2) is 5.03. The first-order chi connectivity index (χ1) is 10.4. The molecule has 0 saturated heterocycles. The first kappa shape index (κ1) is 14.4. The number of hydrogen-bond donors (Lipinski definition) is 2. The normalized spacial score (nSPS) is 19.7. The first-order valence-corrected chi connectivity index (χ1v) is 7.01. The molecule has 0 radical (unpaired) electrons. The fourth-order valence-corrected chi connectivity index (χ4v) is 2.83. The van der Waals surface area contributed by atoms with Gasteiger partial charge in [0.05, 0.1) is 12.1 Å². The first-order valence-electron chi connectivity index (χ1n) is 7.01. The Bertz CT molecular complexity index is 771. The molecule has 0 unspecified atom stereocenters. The number of aryl methyl sites for hydroxylation is 2. The van der Waals surface area contributed by atoms with Gasteiger partial charge in [0, 0.05) is 11.8 Å². The number of amides is 1. The summed E-state index contributed by atoms with van der Waals surface area (Å²) in [6.07, 6.45) is 1.18. The van der Waals surface area contributed by atoms with E-state index in [0.717, 1.165) is 11.1 Å². The second-order valence-corrected chi connectivity index (χ2v) is 5.63. The predicted octanol–water partition coefficient (Wildman–Crippen LogP) is 2.11. The summed E-state index contributed by atoms with van der Waals surface area (Å²) in [6.45, 7) is 3.75. The quantitative estimate of drug-likeness (QED) is 0.850. The van der Waals surface area contributed by atoms with Crippen LogP contribution >= 0.6 is 0 Å². The number of pyridine rings is 1. The van der Waals surface area contributed by atoms with E-state index in [1.54, 1.807) is 24.3 Å². The highest BCUT2D eigenvalue weighted by Crippen LogP contribution is 2.41. The van der Waals surface area contributed by atoms with Crippen LogP contribution in [0.15, 0.2) is 36.5 Å². The maximum Gasteiger partial charge on any atom is 0.261 e. The van der Waals surface area contributed by atoms with Gasteiger partial charge in [0.2, 0.25) is 0 Å². The fraction of sp³-hybridized carbons (Fsp3) is 0.235. The van der Waals surface area contributed by atoms with Gasteiger partial charge < -0.3 is 10.4 Å². The average molecular weight is 296 g/mol. The topological polar surface area (TPSA) is 79.3 Å². The van der Waals surface area contributed by atoms with E-state index in [0.29, 0.717) is 11.3 Å². The van der Waals surface area contributed by atoms with Crippen LogP contribution < -0.4 is 5.32 Å². The van der Waals surface area contributed by atoms with E-state index < -0.39 is 11.5 Å². The summed E-state index contributed by atoms with van der Waals surface area (Å²) >= 11 is 0. The Hall–Kier alpha value is -2.53. The zero-order valence-electron chi connectivity index (χ0n) is 12.4. The summed E-state index contributed by atoms with van der Waals surface area (Å²) in [7, 11) is 0. The number of carbonyl (C=O) groups is 2. The lowest BCUT2D eigenvalue weighted by Gasteiger charge is -2.20. The number of Topliss-reactive ketones (excluding diaryl/α,β-unsaturated/α-hetero) is 1. The Morgan fingerprint density at radius 3 is 2.77 bits per heavy atom. The standard InChI is InChI=1S/C17H16N2O3/c1-10-7-11(2)15-12(8-10)17(22,16(21)19-15)9-14(20)13-5-3-4-6-18-13/h3-8,22H,9H2,1-2H3,(H,19,21)/t17-/m1/s1. The van der Waals surface area contributed by atoms with Gasteiger partial charge in [-0.25, -0.2) is 0 Å². The third kappa shape index (κ3) is 2.19. The highest BCUT2D eigenvalue weighted by Gasteiger charge is 2.47. The molecule has 5 heteroatoms. The molecule has 2 aromatic rings. The van der Waals surface area contributed by atoms with Crippen LogP contribution in [0.1, 0.15) is 33.6 Å². The van der Waals surface area contributed by atoms with Crippen LogP contribution in [-0.4, -0.2) is 21.8 Å². The van der Waals surface area contributed by atoms with Gasteiger partial charge >= 0.3 is 0 Å². The summed E-state index contributed by atoms with van der Waals surface area (Å²) in [5.74, 6) is -0.939. The molecular formula is C17H16N2O3. The van der Waals surface area contributed by atoms with Crippen molar-refractivity contribution in [3.63, 3.8) is 0 Å². The number of rotatable bonds is 3. The van der Waals surface area contributed by atoms with Gasteiger partial charge in [-0.1, -0.05) is 23.8 Å². The number of ketones is 1. The number of anilines is 1. The van der Waals surface area contributed by atoms with Crippen molar-refractivity contribution in [1.29, 1.82) is 0 Å². The number of nitrogens with one attached hydrogen (secondary N) is 1. The molecule has 22 heavy (non-hydrogen) atoms. The van der Waals surface area contributed by atoms with E-state index in [1.165, 1.54) is 6.20 Å². The van der Waals surface area contributed by atoms with Crippen molar-refractivity contribution in [1.82, 2.24) is 4.98 Å². The molecule has 112 valence electrons. The maximum absolute atomic E-state index is 12.3. The SMILES string of the molecule is Cc1cc(C)c2c(c1)[C@](O)(CC(=O)c1ccccn1)C(=O)N2. The third-order valence-corrected chi connectivity index (χ3v) is 3.91. The molecule has 0 saturated carbocycles. The van der Waals surface area contributed by atoms with Crippen molar-refractivity contribution >= 4 is 17.4 Å². The van der Waals surface area contributed by atoms with Gasteiger partial charge in [0.25, 0.3) is 5.91 Å². The molecule has 5 nitrogen and oxygen atoms in total. The molecule has 1 aromatic carbocycles. The van der Waals surface area contributed by atoms with E-state index in [1.807, 2.05) is 19.9 Å². The summed E-state index contributed by atoms with van der Waals surface area (Å²) in [5.41, 5.74) is 1.23. The highest BCUT2D eigenvalue weighted by molar-refractivity contribution is 6.09. The summed E-state index contributed by atoms with van der Waals surface area (Å²) < 4.78 is 0. The predicted molar refractivity (Wildman–Crippen MR) is 81.6 cm³/mol. The van der Waals surface area contributed by atoms with Crippen molar-refractivity contribution in [2.24, 2.45) is 0 Å². The van der Waals surface area contributed by atoms with Crippen LogP contribution in [0.2, 0.25) is 0 Å². The summed E-state index contributed by atoms with van der Waals surface area (Å²) in [4.78, 5) is 28.6. The number of fused-ring (bicyclic) bond motifs is 1. The van der Waals surface area contributed by atoms with E-state index in [2.05, 4.69) is 10.3 Å². The van der Waals surface area contributed by atoms with Crippen LogP contribution in [0.25, 0.3) is 0 Å². The summed E-state index contributed by atoms with van der Waals surface area (Å²) in [6, 6.07) is 8.63. The van der Waals surface area contributed by atoms with Gasteiger partial charge in [0.1, 0.15) is 5.69 Å².